The Hall–Kier alpha value is -3.22. The summed E-state index contributed by atoms with van der Waals surface area (Å²) < 4.78 is 10.7. The molecule has 27 heavy (non-hydrogen) atoms. The predicted molar refractivity (Wildman–Crippen MR) is 104 cm³/mol. The molecule has 1 amide bonds. The molecule has 3 rings (SSSR count). The van der Waals surface area contributed by atoms with E-state index in [1.165, 1.54) is 0 Å². The van der Waals surface area contributed by atoms with Gasteiger partial charge in [-0.25, -0.2) is 0 Å². The van der Waals surface area contributed by atoms with Crippen molar-refractivity contribution in [3.05, 3.63) is 59.2 Å². The Labute approximate surface area is 158 Å². The number of carbonyl (C=O) groups excluding carboxylic acids is 1. The number of nitrogens with zero attached hydrogens (tertiary/aromatic N) is 1. The van der Waals surface area contributed by atoms with Crippen molar-refractivity contribution in [2.75, 3.05) is 20.4 Å². The van der Waals surface area contributed by atoms with Gasteiger partial charge in [0.25, 0.3) is 5.91 Å². The van der Waals surface area contributed by atoms with Crippen LogP contribution in [0.15, 0.2) is 47.5 Å². The lowest BCUT2D eigenvalue weighted by atomic mass is 10.1. The number of nitrogens with one attached hydrogen (secondary N) is 3. The molecule has 7 nitrogen and oxygen atoms in total. The van der Waals surface area contributed by atoms with Gasteiger partial charge in [0, 0.05) is 32.2 Å². The third-order valence-electron chi connectivity index (χ3n) is 4.11. The van der Waals surface area contributed by atoms with Gasteiger partial charge in [-0.1, -0.05) is 18.2 Å². The van der Waals surface area contributed by atoms with Gasteiger partial charge in [0.2, 0.25) is 6.79 Å². The molecular weight excluding hydrogens is 344 g/mol. The van der Waals surface area contributed by atoms with Crippen LogP contribution in [0.3, 0.4) is 0 Å². The monoisotopic (exact) mass is 368 g/mol. The van der Waals surface area contributed by atoms with Crippen LogP contribution >= 0.6 is 0 Å². The summed E-state index contributed by atoms with van der Waals surface area (Å²) in [5, 5.41) is 9.33. The number of hydrogen-bond acceptors (Lipinski definition) is 4. The van der Waals surface area contributed by atoms with E-state index in [1.54, 1.807) is 13.1 Å². The fraction of sp³-hybridized carbons (Fsp3) is 0.300. The molecule has 0 fully saturated rings. The van der Waals surface area contributed by atoms with E-state index >= 15 is 0 Å². The summed E-state index contributed by atoms with van der Waals surface area (Å²) in [4.78, 5) is 16.2. The summed E-state index contributed by atoms with van der Waals surface area (Å²) in [7, 11) is 1.72. The van der Waals surface area contributed by atoms with E-state index < -0.39 is 0 Å². The minimum atomic E-state index is -0.0651. The van der Waals surface area contributed by atoms with E-state index in [9.17, 15) is 4.79 Å². The maximum Gasteiger partial charge on any atom is 0.251 e. The van der Waals surface area contributed by atoms with Crippen LogP contribution in [-0.4, -0.2) is 32.3 Å². The normalized spacial score (nSPS) is 12.6. The topological polar surface area (TPSA) is 84.0 Å². The van der Waals surface area contributed by atoms with Crippen molar-refractivity contribution in [1.29, 1.82) is 0 Å². The first kappa shape index (κ1) is 18.6. The molecule has 142 valence electrons. The molecule has 2 aromatic carbocycles. The van der Waals surface area contributed by atoms with Gasteiger partial charge in [-0.15, -0.1) is 0 Å². The molecule has 0 unspecified atom stereocenters. The van der Waals surface area contributed by atoms with Gasteiger partial charge in [-0.05, 0) is 42.3 Å². The molecule has 0 radical (unpaired) electrons. The lowest BCUT2D eigenvalue weighted by Crippen LogP contribution is -2.36. The number of rotatable bonds is 6. The van der Waals surface area contributed by atoms with Crippen LogP contribution in [0.25, 0.3) is 0 Å². The fourth-order valence-corrected chi connectivity index (χ4v) is 2.73. The fourth-order valence-electron chi connectivity index (χ4n) is 2.73. The second-order valence-corrected chi connectivity index (χ2v) is 6.03. The lowest BCUT2D eigenvalue weighted by Gasteiger charge is -2.13. The van der Waals surface area contributed by atoms with Crippen molar-refractivity contribution in [2.24, 2.45) is 4.99 Å². The SMILES string of the molecule is CCNC(=O)c1cccc(CNC(=NC)NCc2ccc3c(c2)OCO3)c1. The maximum absolute atomic E-state index is 11.9. The van der Waals surface area contributed by atoms with E-state index in [-0.39, 0.29) is 12.7 Å². The number of guanidine groups is 1. The highest BCUT2D eigenvalue weighted by atomic mass is 16.7. The van der Waals surface area contributed by atoms with E-state index in [0.717, 1.165) is 22.6 Å². The highest BCUT2D eigenvalue weighted by Gasteiger charge is 2.13. The predicted octanol–water partition coefficient (Wildman–Crippen LogP) is 2.03. The molecule has 0 aliphatic carbocycles. The average Bonchev–Trinajstić information content (AvgIpc) is 3.16. The third kappa shape index (κ3) is 4.91. The van der Waals surface area contributed by atoms with E-state index in [2.05, 4.69) is 20.9 Å². The second kappa shape index (κ2) is 8.93. The summed E-state index contributed by atoms with van der Waals surface area (Å²) in [5.74, 6) is 2.15. The molecule has 1 aliphatic heterocycles. The van der Waals surface area contributed by atoms with Crippen molar-refractivity contribution in [3.8, 4) is 11.5 Å². The van der Waals surface area contributed by atoms with Crippen molar-refractivity contribution < 1.29 is 14.3 Å². The Balaban J connectivity index is 1.53. The third-order valence-corrected chi connectivity index (χ3v) is 4.11. The molecule has 7 heteroatoms. The molecule has 3 N–H and O–H groups in total. The number of benzene rings is 2. The van der Waals surface area contributed by atoms with Crippen LogP contribution in [0.5, 0.6) is 11.5 Å². The van der Waals surface area contributed by atoms with Crippen LogP contribution in [0, 0.1) is 0 Å². The minimum Gasteiger partial charge on any atom is -0.454 e. The molecule has 1 heterocycles. The average molecular weight is 368 g/mol. The molecule has 0 spiro atoms. The van der Waals surface area contributed by atoms with Gasteiger partial charge >= 0.3 is 0 Å². The Morgan fingerprint density at radius 2 is 1.74 bits per heavy atom. The van der Waals surface area contributed by atoms with Crippen LogP contribution in [0.1, 0.15) is 28.4 Å². The molecular formula is C20H24N4O3. The van der Waals surface area contributed by atoms with Crippen LogP contribution in [-0.2, 0) is 13.1 Å². The van der Waals surface area contributed by atoms with Crippen LogP contribution in [0.4, 0.5) is 0 Å². The minimum absolute atomic E-state index is 0.0651. The van der Waals surface area contributed by atoms with Crippen molar-refractivity contribution in [2.45, 2.75) is 20.0 Å². The smallest absolute Gasteiger partial charge is 0.251 e. The zero-order valence-electron chi connectivity index (χ0n) is 15.5. The van der Waals surface area contributed by atoms with Gasteiger partial charge in [0.1, 0.15) is 0 Å². The van der Waals surface area contributed by atoms with Crippen LogP contribution in [0.2, 0.25) is 0 Å². The molecule has 0 saturated heterocycles. The molecule has 2 aromatic rings. The van der Waals surface area contributed by atoms with Gasteiger partial charge in [-0.3, -0.25) is 9.79 Å². The quantitative estimate of drug-likeness (QED) is 0.537. The second-order valence-electron chi connectivity index (χ2n) is 6.03. The van der Waals surface area contributed by atoms with E-state index in [4.69, 9.17) is 9.47 Å². The zero-order chi connectivity index (χ0) is 19.1. The largest absolute Gasteiger partial charge is 0.454 e. The highest BCUT2D eigenvalue weighted by molar-refractivity contribution is 5.94. The first-order valence-electron chi connectivity index (χ1n) is 8.89. The first-order valence-corrected chi connectivity index (χ1v) is 8.89. The number of aliphatic imine (C=N–C) groups is 1. The van der Waals surface area contributed by atoms with Gasteiger partial charge < -0.3 is 25.4 Å². The molecule has 0 saturated carbocycles. The first-order chi connectivity index (χ1) is 13.2. The van der Waals surface area contributed by atoms with E-state index in [0.29, 0.717) is 31.2 Å². The highest BCUT2D eigenvalue weighted by Crippen LogP contribution is 2.32. The Bertz CT molecular complexity index is 836. The summed E-state index contributed by atoms with van der Waals surface area (Å²) in [5.41, 5.74) is 2.73. The molecule has 0 aromatic heterocycles. The van der Waals surface area contributed by atoms with Crippen molar-refractivity contribution >= 4 is 11.9 Å². The standard InChI is InChI=1S/C20H24N4O3/c1-3-22-19(25)16-6-4-5-14(9-16)11-23-20(21-2)24-12-15-7-8-17-18(10-15)27-13-26-17/h4-10H,3,11-13H2,1-2H3,(H,22,25)(H2,21,23,24). The zero-order valence-corrected chi connectivity index (χ0v) is 15.5. The van der Waals surface area contributed by atoms with Crippen molar-refractivity contribution in [3.63, 3.8) is 0 Å². The maximum atomic E-state index is 11.9. The Morgan fingerprint density at radius 3 is 2.48 bits per heavy atom. The number of carbonyl (C=O) groups is 1. The van der Waals surface area contributed by atoms with Crippen molar-refractivity contribution in [1.82, 2.24) is 16.0 Å². The number of amides is 1. The summed E-state index contributed by atoms with van der Waals surface area (Å²) in [6, 6.07) is 13.4. The number of fused-ring (bicyclic) bond motifs is 1. The van der Waals surface area contributed by atoms with Gasteiger partial charge in [0.05, 0.1) is 0 Å². The van der Waals surface area contributed by atoms with E-state index in [1.807, 2.05) is 43.3 Å². The lowest BCUT2D eigenvalue weighted by molar-refractivity contribution is 0.0955. The number of hydrogen-bond donors (Lipinski definition) is 3. The summed E-state index contributed by atoms with van der Waals surface area (Å²) in [6.07, 6.45) is 0. The molecule has 1 aliphatic rings. The molecule has 0 bridgehead atoms. The van der Waals surface area contributed by atoms with Crippen LogP contribution < -0.4 is 25.4 Å². The van der Waals surface area contributed by atoms with Gasteiger partial charge in [0.15, 0.2) is 17.5 Å². The molecule has 0 atom stereocenters. The Morgan fingerprint density at radius 1 is 1.00 bits per heavy atom. The Kier molecular flexibility index (Phi) is 6.14. The number of ether oxygens (including phenoxy) is 2. The summed E-state index contributed by atoms with van der Waals surface area (Å²) in [6.45, 7) is 3.95. The van der Waals surface area contributed by atoms with Gasteiger partial charge in [-0.2, -0.15) is 0 Å². The summed E-state index contributed by atoms with van der Waals surface area (Å²) >= 11 is 0.